The molecule has 0 aromatic heterocycles. The number of benzene rings is 3. The van der Waals surface area contributed by atoms with Crippen LogP contribution in [-0.4, -0.2) is 23.4 Å². The largest absolute Gasteiger partial charge is 0.489 e. The molecule has 1 saturated heterocycles. The normalized spacial score (nSPS) is 24.7. The molecule has 33 heavy (non-hydrogen) atoms. The molecule has 0 saturated carbocycles. The Labute approximate surface area is 196 Å². The summed E-state index contributed by atoms with van der Waals surface area (Å²) in [6.07, 6.45) is 4.00. The molecule has 3 aromatic rings. The molecule has 3 nitrogen and oxygen atoms in total. The molecule has 2 aliphatic rings. The van der Waals surface area contributed by atoms with Crippen LogP contribution in [0.5, 0.6) is 5.75 Å². The predicted octanol–water partition coefficient (Wildman–Crippen LogP) is 6.25. The van der Waals surface area contributed by atoms with Crippen LogP contribution in [0.4, 0.5) is 0 Å². The van der Waals surface area contributed by atoms with Crippen molar-refractivity contribution in [3.8, 4) is 5.75 Å². The maximum atomic E-state index is 13.4. The van der Waals surface area contributed by atoms with Gasteiger partial charge < -0.3 is 9.64 Å². The molecule has 1 fully saturated rings. The minimum atomic E-state index is -0.00828. The Balaban J connectivity index is 1.36. The molecule has 3 aromatic carbocycles. The van der Waals surface area contributed by atoms with Crippen LogP contribution in [0.2, 0.25) is 0 Å². The Hall–Kier alpha value is -3.33. The van der Waals surface area contributed by atoms with Crippen molar-refractivity contribution in [2.24, 2.45) is 5.92 Å². The van der Waals surface area contributed by atoms with E-state index in [9.17, 15) is 4.79 Å². The van der Waals surface area contributed by atoms with Gasteiger partial charge in [-0.15, -0.1) is 0 Å². The maximum Gasteiger partial charge on any atom is 0.254 e. The van der Waals surface area contributed by atoms with E-state index in [-0.39, 0.29) is 17.4 Å². The lowest BCUT2D eigenvalue weighted by Crippen LogP contribution is -2.57. The van der Waals surface area contributed by atoms with Crippen molar-refractivity contribution in [2.75, 3.05) is 6.54 Å². The first kappa shape index (κ1) is 21.5. The van der Waals surface area contributed by atoms with Crippen LogP contribution in [0, 0.1) is 5.92 Å². The quantitative estimate of drug-likeness (QED) is 0.472. The second kappa shape index (κ2) is 8.90. The molecule has 0 spiro atoms. The number of amides is 1. The molecule has 0 unspecified atom stereocenters. The first-order valence-corrected chi connectivity index (χ1v) is 11.9. The van der Waals surface area contributed by atoms with Crippen molar-refractivity contribution >= 4 is 11.5 Å². The van der Waals surface area contributed by atoms with Crippen molar-refractivity contribution in [1.29, 1.82) is 0 Å². The topological polar surface area (TPSA) is 29.5 Å². The van der Waals surface area contributed by atoms with Gasteiger partial charge in [0.15, 0.2) is 0 Å². The Morgan fingerprint density at radius 1 is 0.970 bits per heavy atom. The van der Waals surface area contributed by atoms with Gasteiger partial charge in [0, 0.05) is 18.2 Å². The molecule has 5 rings (SSSR count). The van der Waals surface area contributed by atoms with Gasteiger partial charge in [0.25, 0.3) is 5.91 Å². The van der Waals surface area contributed by atoms with Gasteiger partial charge in [-0.2, -0.15) is 0 Å². The van der Waals surface area contributed by atoms with Crippen molar-refractivity contribution < 1.29 is 9.53 Å². The number of carbonyl (C=O) groups excluding carboxylic acids is 1. The number of hydrogen-bond acceptors (Lipinski definition) is 2. The lowest BCUT2D eigenvalue weighted by atomic mass is 9.63. The number of ether oxygens (including phenoxy) is 1. The second-order valence-electron chi connectivity index (χ2n) is 9.54. The van der Waals surface area contributed by atoms with E-state index < -0.39 is 0 Å². The first-order valence-electron chi connectivity index (χ1n) is 11.9. The molecule has 2 aliphatic heterocycles. The van der Waals surface area contributed by atoms with Crippen molar-refractivity contribution in [3.63, 3.8) is 0 Å². The van der Waals surface area contributed by atoms with Crippen LogP contribution in [0.25, 0.3) is 5.57 Å². The van der Waals surface area contributed by atoms with E-state index in [4.69, 9.17) is 4.74 Å². The fraction of sp³-hybridized carbons (Fsp3) is 0.300. The molecular weight excluding hydrogens is 406 g/mol. The average Bonchev–Trinajstić information content (AvgIpc) is 2.87. The fourth-order valence-electron chi connectivity index (χ4n) is 5.45. The number of carbonyl (C=O) groups is 1. The summed E-state index contributed by atoms with van der Waals surface area (Å²) in [7, 11) is 0. The first-order chi connectivity index (χ1) is 16.1. The standard InChI is InChI=1S/C30H31NO2/c1-22-28-17-16-27(24-12-7-4-8-13-24)29(32)31(28)19-18-30(22,2)25-14-9-15-26(20-25)33-21-23-10-5-3-6-11-23/h3-16,20,22,28H,17-19,21H2,1-2H3/t22-,28-,30+/m0/s1. The highest BCUT2D eigenvalue weighted by atomic mass is 16.5. The SMILES string of the molecule is C[C@H]1[C@@H]2CC=C(c3ccccc3)C(=O)N2CC[C@@]1(C)c1cccc(OCc2ccccc2)c1. The number of fused-ring (bicyclic) bond motifs is 1. The number of hydrogen-bond donors (Lipinski definition) is 0. The van der Waals surface area contributed by atoms with Gasteiger partial charge in [-0.3, -0.25) is 4.79 Å². The van der Waals surface area contributed by atoms with E-state index >= 15 is 0 Å². The highest BCUT2D eigenvalue weighted by molar-refractivity contribution is 6.20. The molecule has 0 radical (unpaired) electrons. The summed E-state index contributed by atoms with van der Waals surface area (Å²) in [5, 5.41) is 0. The molecule has 2 heterocycles. The Kier molecular flexibility index (Phi) is 5.80. The highest BCUT2D eigenvalue weighted by Crippen LogP contribution is 2.46. The van der Waals surface area contributed by atoms with Crippen molar-refractivity contribution in [1.82, 2.24) is 4.90 Å². The van der Waals surface area contributed by atoms with E-state index in [2.05, 4.69) is 55.2 Å². The van der Waals surface area contributed by atoms with Gasteiger partial charge >= 0.3 is 0 Å². The third-order valence-electron chi connectivity index (χ3n) is 7.74. The number of rotatable bonds is 5. The number of piperidine rings is 1. The Bertz CT molecular complexity index is 1150. The third-order valence-corrected chi connectivity index (χ3v) is 7.74. The van der Waals surface area contributed by atoms with Crippen molar-refractivity contribution in [2.45, 2.75) is 44.8 Å². The predicted molar refractivity (Wildman–Crippen MR) is 133 cm³/mol. The lowest BCUT2D eigenvalue weighted by molar-refractivity contribution is -0.132. The van der Waals surface area contributed by atoms with Gasteiger partial charge in [0.2, 0.25) is 0 Å². The van der Waals surface area contributed by atoms with Gasteiger partial charge in [-0.1, -0.05) is 92.7 Å². The molecule has 1 amide bonds. The fourth-order valence-corrected chi connectivity index (χ4v) is 5.45. The zero-order valence-electron chi connectivity index (χ0n) is 19.4. The minimum absolute atomic E-state index is 0.00828. The van der Waals surface area contributed by atoms with Gasteiger partial charge in [0.05, 0.1) is 0 Å². The van der Waals surface area contributed by atoms with Crippen LogP contribution >= 0.6 is 0 Å². The molecule has 3 heteroatoms. The monoisotopic (exact) mass is 437 g/mol. The van der Waals surface area contributed by atoms with Crippen LogP contribution in [-0.2, 0) is 16.8 Å². The highest BCUT2D eigenvalue weighted by Gasteiger charge is 2.47. The molecule has 3 atom stereocenters. The van der Waals surface area contributed by atoms with Gasteiger partial charge in [-0.25, -0.2) is 0 Å². The van der Waals surface area contributed by atoms with Gasteiger partial charge in [0.1, 0.15) is 12.4 Å². The van der Waals surface area contributed by atoms with E-state index in [0.717, 1.165) is 41.8 Å². The van der Waals surface area contributed by atoms with Crippen LogP contribution < -0.4 is 4.74 Å². The molecule has 168 valence electrons. The summed E-state index contributed by atoms with van der Waals surface area (Å²) in [5.74, 6) is 1.41. The zero-order chi connectivity index (χ0) is 22.8. The maximum absolute atomic E-state index is 13.4. The van der Waals surface area contributed by atoms with E-state index in [1.165, 1.54) is 5.56 Å². The summed E-state index contributed by atoms with van der Waals surface area (Å²) >= 11 is 0. The van der Waals surface area contributed by atoms with E-state index in [1.54, 1.807) is 0 Å². The molecule has 0 aliphatic carbocycles. The molecule has 0 N–H and O–H groups in total. The van der Waals surface area contributed by atoms with Crippen LogP contribution in [0.3, 0.4) is 0 Å². The number of nitrogens with zero attached hydrogens (tertiary/aromatic N) is 1. The zero-order valence-corrected chi connectivity index (χ0v) is 19.4. The molecule has 0 bridgehead atoms. The van der Waals surface area contributed by atoms with Gasteiger partial charge in [-0.05, 0) is 53.0 Å². The molecular formula is C30H31NO2. The van der Waals surface area contributed by atoms with Crippen molar-refractivity contribution in [3.05, 3.63) is 108 Å². The van der Waals surface area contributed by atoms with E-state index in [1.807, 2.05) is 54.6 Å². The summed E-state index contributed by atoms with van der Waals surface area (Å²) < 4.78 is 6.12. The smallest absolute Gasteiger partial charge is 0.254 e. The summed E-state index contributed by atoms with van der Waals surface area (Å²) in [6, 6.07) is 29.1. The van der Waals surface area contributed by atoms with E-state index in [0.29, 0.717) is 12.5 Å². The third kappa shape index (κ3) is 4.08. The van der Waals surface area contributed by atoms with Crippen LogP contribution in [0.1, 0.15) is 43.4 Å². The summed E-state index contributed by atoms with van der Waals surface area (Å²) in [4.78, 5) is 15.5. The lowest BCUT2D eigenvalue weighted by Gasteiger charge is -2.52. The summed E-state index contributed by atoms with van der Waals surface area (Å²) in [6.45, 7) is 6.01. The Morgan fingerprint density at radius 2 is 1.70 bits per heavy atom. The minimum Gasteiger partial charge on any atom is -0.489 e. The summed E-state index contributed by atoms with van der Waals surface area (Å²) in [5.41, 5.74) is 4.32. The van der Waals surface area contributed by atoms with Crippen LogP contribution in [0.15, 0.2) is 91.0 Å². The average molecular weight is 438 g/mol. The Morgan fingerprint density at radius 3 is 2.45 bits per heavy atom. The second-order valence-corrected chi connectivity index (χ2v) is 9.54.